The van der Waals surface area contributed by atoms with Crippen LogP contribution < -0.4 is 14.8 Å². The molecule has 5 nitrogen and oxygen atoms in total. The second-order valence-corrected chi connectivity index (χ2v) is 4.71. The van der Waals surface area contributed by atoms with E-state index in [4.69, 9.17) is 9.47 Å². The third kappa shape index (κ3) is 3.36. The van der Waals surface area contributed by atoms with E-state index in [0.717, 1.165) is 35.8 Å². The number of aromatic nitrogens is 2. The molecule has 0 fully saturated rings. The SMILES string of the molecule is CCNC(c1cc(OC)cc(OC)c1)c1ccnn1CC. The van der Waals surface area contributed by atoms with E-state index in [1.54, 1.807) is 14.2 Å². The van der Waals surface area contributed by atoms with Crippen LogP contribution in [0.1, 0.15) is 31.1 Å². The second-order valence-electron chi connectivity index (χ2n) is 4.71. The van der Waals surface area contributed by atoms with Crippen LogP contribution in [-0.2, 0) is 6.54 Å². The van der Waals surface area contributed by atoms with Gasteiger partial charge in [0.05, 0.1) is 26.0 Å². The smallest absolute Gasteiger partial charge is 0.122 e. The molecule has 0 saturated heterocycles. The maximum Gasteiger partial charge on any atom is 0.122 e. The second kappa shape index (κ2) is 7.13. The Kier molecular flexibility index (Phi) is 5.22. The predicted octanol–water partition coefficient (Wildman–Crippen LogP) is 2.62. The van der Waals surface area contributed by atoms with E-state index in [1.807, 2.05) is 35.1 Å². The normalized spacial score (nSPS) is 12.2. The number of hydrogen-bond donors (Lipinski definition) is 1. The van der Waals surface area contributed by atoms with E-state index < -0.39 is 0 Å². The quantitative estimate of drug-likeness (QED) is 0.851. The van der Waals surface area contributed by atoms with Gasteiger partial charge in [0.25, 0.3) is 0 Å². The van der Waals surface area contributed by atoms with Crippen molar-refractivity contribution >= 4 is 0 Å². The molecule has 1 heterocycles. The van der Waals surface area contributed by atoms with Crippen LogP contribution >= 0.6 is 0 Å². The molecule has 0 spiro atoms. The highest BCUT2D eigenvalue weighted by atomic mass is 16.5. The van der Waals surface area contributed by atoms with Crippen molar-refractivity contribution in [1.29, 1.82) is 0 Å². The van der Waals surface area contributed by atoms with Gasteiger partial charge < -0.3 is 14.8 Å². The van der Waals surface area contributed by atoms with Crippen LogP contribution in [-0.4, -0.2) is 30.5 Å². The Hall–Kier alpha value is -2.01. The molecule has 1 aromatic carbocycles. The first kappa shape index (κ1) is 15.4. The number of nitrogens with zero attached hydrogens (tertiary/aromatic N) is 2. The lowest BCUT2D eigenvalue weighted by Gasteiger charge is -2.21. The monoisotopic (exact) mass is 289 g/mol. The van der Waals surface area contributed by atoms with Crippen LogP contribution in [0.15, 0.2) is 30.5 Å². The zero-order valence-corrected chi connectivity index (χ0v) is 13.1. The van der Waals surface area contributed by atoms with Gasteiger partial charge in [0, 0.05) is 18.8 Å². The van der Waals surface area contributed by atoms with E-state index in [2.05, 4.69) is 24.3 Å². The van der Waals surface area contributed by atoms with Crippen LogP contribution in [0, 0.1) is 0 Å². The van der Waals surface area contributed by atoms with Crippen molar-refractivity contribution in [2.75, 3.05) is 20.8 Å². The van der Waals surface area contributed by atoms with Gasteiger partial charge in [0.1, 0.15) is 11.5 Å². The van der Waals surface area contributed by atoms with Crippen molar-refractivity contribution in [3.05, 3.63) is 41.7 Å². The summed E-state index contributed by atoms with van der Waals surface area (Å²) < 4.78 is 12.7. The molecule has 0 amide bonds. The summed E-state index contributed by atoms with van der Waals surface area (Å²) in [5.41, 5.74) is 2.23. The average Bonchev–Trinajstić information content (AvgIpc) is 3.00. The van der Waals surface area contributed by atoms with E-state index >= 15 is 0 Å². The summed E-state index contributed by atoms with van der Waals surface area (Å²) in [5, 5.41) is 7.87. The molecule has 1 aromatic heterocycles. The first-order valence-corrected chi connectivity index (χ1v) is 7.21. The van der Waals surface area contributed by atoms with Crippen LogP contribution in [0.5, 0.6) is 11.5 Å². The molecule has 21 heavy (non-hydrogen) atoms. The van der Waals surface area contributed by atoms with Gasteiger partial charge in [-0.05, 0) is 37.2 Å². The maximum absolute atomic E-state index is 5.37. The minimum atomic E-state index is 0.0569. The summed E-state index contributed by atoms with van der Waals surface area (Å²) in [6.07, 6.45) is 1.83. The first-order chi connectivity index (χ1) is 10.2. The Balaban J connectivity index is 2.47. The van der Waals surface area contributed by atoms with Gasteiger partial charge in [-0.25, -0.2) is 0 Å². The largest absolute Gasteiger partial charge is 0.497 e. The molecule has 114 valence electrons. The summed E-state index contributed by atoms with van der Waals surface area (Å²) >= 11 is 0. The van der Waals surface area contributed by atoms with E-state index in [0.29, 0.717) is 0 Å². The molecule has 2 aromatic rings. The number of methoxy groups -OCH3 is 2. The molecule has 0 aliphatic carbocycles. The van der Waals surface area contributed by atoms with Gasteiger partial charge in [0.15, 0.2) is 0 Å². The van der Waals surface area contributed by atoms with E-state index in [1.165, 1.54) is 0 Å². The molecular formula is C16H23N3O2. The molecule has 0 aliphatic rings. The molecule has 2 rings (SSSR count). The molecule has 0 radical (unpaired) electrons. The van der Waals surface area contributed by atoms with Crippen molar-refractivity contribution in [1.82, 2.24) is 15.1 Å². The fourth-order valence-electron chi connectivity index (χ4n) is 2.45. The van der Waals surface area contributed by atoms with Gasteiger partial charge in [-0.15, -0.1) is 0 Å². The topological polar surface area (TPSA) is 48.3 Å². The molecule has 0 aliphatic heterocycles. The third-order valence-corrected chi connectivity index (χ3v) is 3.46. The number of nitrogens with one attached hydrogen (secondary N) is 1. The first-order valence-electron chi connectivity index (χ1n) is 7.21. The van der Waals surface area contributed by atoms with Crippen LogP contribution in [0.4, 0.5) is 0 Å². The number of ether oxygens (including phenoxy) is 2. The molecule has 0 saturated carbocycles. The fraction of sp³-hybridized carbons (Fsp3) is 0.438. The predicted molar refractivity (Wildman–Crippen MR) is 83.0 cm³/mol. The summed E-state index contributed by atoms with van der Waals surface area (Å²) in [4.78, 5) is 0. The summed E-state index contributed by atoms with van der Waals surface area (Å²) in [6, 6.07) is 8.04. The number of hydrogen-bond acceptors (Lipinski definition) is 4. The molecule has 1 unspecified atom stereocenters. The maximum atomic E-state index is 5.37. The standard InChI is InChI=1S/C16H23N3O2/c1-5-17-16(15-7-8-18-19(15)6-2)12-9-13(20-3)11-14(10-12)21-4/h7-11,16-17H,5-6H2,1-4H3. The number of aryl methyl sites for hydroxylation is 1. The Labute approximate surface area is 125 Å². The minimum Gasteiger partial charge on any atom is -0.497 e. The highest BCUT2D eigenvalue weighted by Crippen LogP contribution is 2.29. The highest BCUT2D eigenvalue weighted by Gasteiger charge is 2.18. The molecule has 0 bridgehead atoms. The fourth-order valence-corrected chi connectivity index (χ4v) is 2.45. The zero-order chi connectivity index (χ0) is 15.2. The lowest BCUT2D eigenvalue weighted by molar-refractivity contribution is 0.392. The molecular weight excluding hydrogens is 266 g/mol. The van der Waals surface area contributed by atoms with Crippen molar-refractivity contribution in [2.45, 2.75) is 26.4 Å². The highest BCUT2D eigenvalue weighted by molar-refractivity contribution is 5.42. The van der Waals surface area contributed by atoms with Gasteiger partial charge in [0.2, 0.25) is 0 Å². The van der Waals surface area contributed by atoms with Crippen molar-refractivity contribution in [2.24, 2.45) is 0 Å². The molecule has 1 atom stereocenters. The van der Waals surface area contributed by atoms with Gasteiger partial charge in [-0.2, -0.15) is 5.10 Å². The van der Waals surface area contributed by atoms with Crippen LogP contribution in [0.25, 0.3) is 0 Å². The number of rotatable bonds is 7. The minimum absolute atomic E-state index is 0.0569. The van der Waals surface area contributed by atoms with Crippen molar-refractivity contribution in [3.63, 3.8) is 0 Å². The third-order valence-electron chi connectivity index (χ3n) is 3.46. The summed E-state index contributed by atoms with van der Waals surface area (Å²) in [5.74, 6) is 1.57. The lowest BCUT2D eigenvalue weighted by atomic mass is 10.0. The Bertz CT molecular complexity index is 558. The van der Waals surface area contributed by atoms with Crippen molar-refractivity contribution in [3.8, 4) is 11.5 Å². The summed E-state index contributed by atoms with van der Waals surface area (Å²) in [6.45, 7) is 5.88. The molecule has 5 heteroatoms. The van der Waals surface area contributed by atoms with Crippen molar-refractivity contribution < 1.29 is 9.47 Å². The van der Waals surface area contributed by atoms with Gasteiger partial charge >= 0.3 is 0 Å². The number of benzene rings is 1. The Morgan fingerprint density at radius 3 is 2.33 bits per heavy atom. The van der Waals surface area contributed by atoms with E-state index in [-0.39, 0.29) is 6.04 Å². The Morgan fingerprint density at radius 2 is 1.81 bits per heavy atom. The van der Waals surface area contributed by atoms with Crippen LogP contribution in [0.3, 0.4) is 0 Å². The molecule has 1 N–H and O–H groups in total. The average molecular weight is 289 g/mol. The van der Waals surface area contributed by atoms with Gasteiger partial charge in [-0.3, -0.25) is 4.68 Å². The van der Waals surface area contributed by atoms with Gasteiger partial charge in [-0.1, -0.05) is 6.92 Å². The zero-order valence-electron chi connectivity index (χ0n) is 13.1. The van der Waals surface area contributed by atoms with E-state index in [9.17, 15) is 0 Å². The summed E-state index contributed by atoms with van der Waals surface area (Å²) in [7, 11) is 3.33. The van der Waals surface area contributed by atoms with Crippen LogP contribution in [0.2, 0.25) is 0 Å². The lowest BCUT2D eigenvalue weighted by Crippen LogP contribution is -2.24. The Morgan fingerprint density at radius 1 is 1.14 bits per heavy atom.